The van der Waals surface area contributed by atoms with Gasteiger partial charge in [0.15, 0.2) is 5.69 Å². The Morgan fingerprint density at radius 1 is 1.00 bits per heavy atom. The topological polar surface area (TPSA) is 91.7 Å². The van der Waals surface area contributed by atoms with Gasteiger partial charge in [-0.25, -0.2) is 19.7 Å². The van der Waals surface area contributed by atoms with Gasteiger partial charge in [-0.05, 0) is 12.1 Å². The second-order valence-electron chi connectivity index (χ2n) is 5.10. The molecular weight excluding hydrogens is 298 g/mol. The van der Waals surface area contributed by atoms with Crippen LogP contribution in [0.3, 0.4) is 0 Å². The molecule has 0 atom stereocenters. The van der Waals surface area contributed by atoms with Gasteiger partial charge in [-0.15, -0.1) is 0 Å². The summed E-state index contributed by atoms with van der Waals surface area (Å²) in [6.45, 7) is 3.16. The van der Waals surface area contributed by atoms with Crippen LogP contribution in [0.25, 0.3) is 0 Å². The highest BCUT2D eigenvalue weighted by molar-refractivity contribution is 5.84. The van der Waals surface area contributed by atoms with Gasteiger partial charge >= 0.3 is 5.97 Å². The van der Waals surface area contributed by atoms with Crippen LogP contribution >= 0.6 is 0 Å². The summed E-state index contributed by atoms with van der Waals surface area (Å²) in [5, 5.41) is 8.85. The van der Waals surface area contributed by atoms with Crippen molar-refractivity contribution in [3.63, 3.8) is 0 Å². The highest BCUT2D eigenvalue weighted by Crippen LogP contribution is 2.19. The smallest absolute Gasteiger partial charge is 0.356 e. The van der Waals surface area contributed by atoms with Crippen LogP contribution in [0.2, 0.25) is 0 Å². The maximum absolute atomic E-state index is 10.8. The molecule has 120 valence electrons. The molecule has 0 radical (unpaired) electrons. The Morgan fingerprint density at radius 2 is 1.65 bits per heavy atom. The number of methoxy groups -OCH3 is 1. The predicted molar refractivity (Wildman–Crippen MR) is 84.2 cm³/mol. The monoisotopic (exact) mass is 315 g/mol. The van der Waals surface area contributed by atoms with Crippen molar-refractivity contribution in [2.45, 2.75) is 0 Å². The highest BCUT2D eigenvalue weighted by Gasteiger charge is 2.19. The molecule has 0 amide bonds. The number of hydrogen-bond acceptors (Lipinski definition) is 7. The number of anilines is 2. The number of hydrogen-bond donors (Lipinski definition) is 1. The first-order valence-electron chi connectivity index (χ1n) is 7.22. The first kappa shape index (κ1) is 15.0. The maximum Gasteiger partial charge on any atom is 0.356 e. The minimum Gasteiger partial charge on any atom is -0.495 e. The Morgan fingerprint density at radius 3 is 2.13 bits per heavy atom. The molecule has 0 unspecified atom stereocenters. The molecule has 1 aliphatic rings. The number of nitrogens with zero attached hydrogens (tertiary/aromatic N) is 5. The SMILES string of the molecule is COc1ccc(N2CCN(c3cnc(C(=O)O)cn3)CC2)nc1. The third kappa shape index (κ3) is 3.31. The number of rotatable bonds is 4. The summed E-state index contributed by atoms with van der Waals surface area (Å²) < 4.78 is 5.11. The molecule has 8 heteroatoms. The van der Waals surface area contributed by atoms with Crippen molar-refractivity contribution in [1.29, 1.82) is 0 Å². The maximum atomic E-state index is 10.8. The van der Waals surface area contributed by atoms with E-state index < -0.39 is 5.97 Å². The van der Waals surface area contributed by atoms with Crippen molar-refractivity contribution in [1.82, 2.24) is 15.0 Å². The minimum atomic E-state index is -1.07. The molecule has 1 N–H and O–H groups in total. The van der Waals surface area contributed by atoms with Gasteiger partial charge in [0.25, 0.3) is 0 Å². The van der Waals surface area contributed by atoms with Gasteiger partial charge in [0.05, 0.1) is 25.7 Å². The fraction of sp³-hybridized carbons (Fsp3) is 0.333. The van der Waals surface area contributed by atoms with E-state index in [0.29, 0.717) is 5.82 Å². The van der Waals surface area contributed by atoms with E-state index in [1.54, 1.807) is 13.3 Å². The van der Waals surface area contributed by atoms with Crippen LogP contribution in [0.1, 0.15) is 10.5 Å². The summed E-state index contributed by atoms with van der Waals surface area (Å²) >= 11 is 0. The van der Waals surface area contributed by atoms with Gasteiger partial charge in [-0.3, -0.25) is 0 Å². The van der Waals surface area contributed by atoms with Crippen LogP contribution in [0, 0.1) is 0 Å². The molecule has 0 aliphatic carbocycles. The van der Waals surface area contributed by atoms with Crippen molar-refractivity contribution >= 4 is 17.6 Å². The molecule has 3 rings (SSSR count). The van der Waals surface area contributed by atoms with Crippen molar-refractivity contribution < 1.29 is 14.6 Å². The van der Waals surface area contributed by atoms with Crippen LogP contribution < -0.4 is 14.5 Å². The van der Waals surface area contributed by atoms with Crippen molar-refractivity contribution in [2.24, 2.45) is 0 Å². The molecule has 0 bridgehead atoms. The van der Waals surface area contributed by atoms with Crippen molar-refractivity contribution in [3.05, 3.63) is 36.4 Å². The van der Waals surface area contributed by atoms with Gasteiger partial charge in [0.1, 0.15) is 17.4 Å². The Hall–Kier alpha value is -2.90. The molecule has 0 saturated carbocycles. The largest absolute Gasteiger partial charge is 0.495 e. The highest BCUT2D eigenvalue weighted by atomic mass is 16.5. The summed E-state index contributed by atoms with van der Waals surface area (Å²) in [5.74, 6) is 1.27. The van der Waals surface area contributed by atoms with Crippen LogP contribution in [0.5, 0.6) is 5.75 Å². The average molecular weight is 315 g/mol. The molecule has 2 aromatic rings. The van der Waals surface area contributed by atoms with Crippen LogP contribution in [-0.4, -0.2) is 59.3 Å². The van der Waals surface area contributed by atoms with E-state index in [9.17, 15) is 4.79 Å². The lowest BCUT2D eigenvalue weighted by atomic mass is 10.3. The van der Waals surface area contributed by atoms with Crippen LogP contribution in [-0.2, 0) is 0 Å². The quantitative estimate of drug-likeness (QED) is 0.890. The molecule has 0 spiro atoms. The number of aromatic nitrogens is 3. The first-order valence-corrected chi connectivity index (χ1v) is 7.22. The summed E-state index contributed by atoms with van der Waals surface area (Å²) in [7, 11) is 1.62. The van der Waals surface area contributed by atoms with Gasteiger partial charge in [-0.2, -0.15) is 0 Å². The molecule has 1 fully saturated rings. The summed E-state index contributed by atoms with van der Waals surface area (Å²) in [6, 6.07) is 3.83. The first-order chi connectivity index (χ1) is 11.2. The van der Waals surface area contributed by atoms with Gasteiger partial charge in [-0.1, -0.05) is 0 Å². The Labute approximate surface area is 133 Å². The van der Waals surface area contributed by atoms with E-state index in [0.717, 1.165) is 37.7 Å². The lowest BCUT2D eigenvalue weighted by Gasteiger charge is -2.35. The normalized spacial score (nSPS) is 14.7. The molecule has 23 heavy (non-hydrogen) atoms. The van der Waals surface area contributed by atoms with E-state index in [1.807, 2.05) is 12.1 Å². The number of aromatic carboxylic acids is 1. The molecule has 0 aromatic carbocycles. The van der Waals surface area contributed by atoms with E-state index >= 15 is 0 Å². The van der Waals surface area contributed by atoms with E-state index in [1.165, 1.54) is 12.4 Å². The van der Waals surface area contributed by atoms with E-state index in [4.69, 9.17) is 9.84 Å². The standard InChI is InChI=1S/C15H17N5O3/c1-23-11-2-3-13(17-8-11)19-4-6-20(7-5-19)14-10-16-12(9-18-14)15(21)22/h2-3,8-10H,4-7H2,1H3,(H,21,22). The zero-order valence-corrected chi connectivity index (χ0v) is 12.7. The third-order valence-corrected chi connectivity index (χ3v) is 3.74. The fourth-order valence-corrected chi connectivity index (χ4v) is 2.44. The van der Waals surface area contributed by atoms with E-state index in [-0.39, 0.29) is 5.69 Å². The number of ether oxygens (including phenoxy) is 1. The molecular formula is C15H17N5O3. The zero-order chi connectivity index (χ0) is 16.2. The van der Waals surface area contributed by atoms with Crippen molar-refractivity contribution in [3.8, 4) is 5.75 Å². The van der Waals surface area contributed by atoms with E-state index in [2.05, 4.69) is 24.8 Å². The zero-order valence-electron chi connectivity index (χ0n) is 12.7. The Kier molecular flexibility index (Phi) is 4.22. The Balaban J connectivity index is 1.62. The summed E-state index contributed by atoms with van der Waals surface area (Å²) in [5.41, 5.74) is -0.0465. The fourth-order valence-electron chi connectivity index (χ4n) is 2.44. The van der Waals surface area contributed by atoms with Gasteiger partial charge in [0, 0.05) is 26.2 Å². The summed E-state index contributed by atoms with van der Waals surface area (Å²) in [4.78, 5) is 27.5. The van der Waals surface area contributed by atoms with Gasteiger partial charge in [0.2, 0.25) is 0 Å². The number of pyridine rings is 1. The number of piperazine rings is 1. The Bertz CT molecular complexity index is 667. The molecule has 1 saturated heterocycles. The average Bonchev–Trinajstić information content (AvgIpc) is 2.62. The molecule has 2 aromatic heterocycles. The van der Waals surface area contributed by atoms with Gasteiger partial charge < -0.3 is 19.6 Å². The number of carboxylic acid groups (broad SMARTS) is 1. The third-order valence-electron chi connectivity index (χ3n) is 3.74. The number of carboxylic acids is 1. The predicted octanol–water partition coefficient (Wildman–Crippen LogP) is 0.905. The van der Waals surface area contributed by atoms with Crippen LogP contribution in [0.15, 0.2) is 30.7 Å². The second-order valence-corrected chi connectivity index (χ2v) is 5.10. The molecule has 1 aliphatic heterocycles. The number of carbonyl (C=O) groups is 1. The minimum absolute atomic E-state index is 0.0465. The van der Waals surface area contributed by atoms with Crippen LogP contribution in [0.4, 0.5) is 11.6 Å². The lowest BCUT2D eigenvalue weighted by Crippen LogP contribution is -2.47. The van der Waals surface area contributed by atoms with Crippen molar-refractivity contribution in [2.75, 3.05) is 43.1 Å². The summed E-state index contributed by atoms with van der Waals surface area (Å²) in [6.07, 6.45) is 4.50. The molecule has 8 nitrogen and oxygen atoms in total. The molecule has 3 heterocycles. The second kappa shape index (κ2) is 6.47. The lowest BCUT2D eigenvalue weighted by molar-refractivity contribution is 0.0690.